The van der Waals surface area contributed by atoms with Crippen LogP contribution in [0.5, 0.6) is 5.75 Å². The van der Waals surface area contributed by atoms with Gasteiger partial charge in [-0.15, -0.1) is 0 Å². The first-order chi connectivity index (χ1) is 10.2. The number of para-hydroxylation sites is 1. The molecule has 1 N–H and O–H groups in total. The smallest absolute Gasteiger partial charge is 0.145 e. The molecule has 0 aliphatic rings. The van der Waals surface area contributed by atoms with E-state index in [1.807, 2.05) is 31.2 Å². The van der Waals surface area contributed by atoms with E-state index in [0.717, 1.165) is 24.3 Å². The van der Waals surface area contributed by atoms with Crippen molar-refractivity contribution in [3.8, 4) is 17.0 Å². The number of ether oxygens (including phenoxy) is 1. The van der Waals surface area contributed by atoms with Crippen LogP contribution in [0.1, 0.15) is 20.3 Å². The maximum absolute atomic E-state index is 6.31. The highest BCUT2D eigenvalue weighted by Gasteiger charge is 2.14. The maximum atomic E-state index is 6.31. The van der Waals surface area contributed by atoms with Crippen molar-refractivity contribution in [2.24, 2.45) is 0 Å². The molecular weight excluding hydrogens is 307 g/mol. The standard InChI is InChI=1S/C16H18Cl2N2O/c1-3-9-19-16-13(18)10-12(17)15(20-16)11-7-5-6-8-14(11)21-4-2/h5-8,10H,3-4,9H2,1-2H3,(H,19,20). The first kappa shape index (κ1) is 15.9. The number of hydrogen-bond donors (Lipinski definition) is 1. The molecule has 0 bridgehead atoms. The molecule has 0 aliphatic carbocycles. The average Bonchev–Trinajstić information content (AvgIpc) is 2.48. The number of pyridine rings is 1. The summed E-state index contributed by atoms with van der Waals surface area (Å²) in [6.45, 7) is 5.42. The molecule has 0 fully saturated rings. The Hall–Kier alpha value is -1.45. The Morgan fingerprint density at radius 3 is 2.62 bits per heavy atom. The van der Waals surface area contributed by atoms with Gasteiger partial charge in [-0.05, 0) is 31.5 Å². The molecule has 2 aromatic rings. The van der Waals surface area contributed by atoms with Crippen LogP contribution in [0.15, 0.2) is 30.3 Å². The van der Waals surface area contributed by atoms with E-state index in [4.69, 9.17) is 27.9 Å². The van der Waals surface area contributed by atoms with Crippen LogP contribution in [0.4, 0.5) is 5.82 Å². The first-order valence-electron chi connectivity index (χ1n) is 6.99. The fourth-order valence-corrected chi connectivity index (χ4v) is 2.49. The number of halogens is 2. The van der Waals surface area contributed by atoms with Crippen molar-refractivity contribution in [1.82, 2.24) is 4.98 Å². The number of nitrogens with one attached hydrogen (secondary N) is 1. The van der Waals surface area contributed by atoms with E-state index in [1.54, 1.807) is 6.07 Å². The zero-order valence-electron chi connectivity index (χ0n) is 12.1. The van der Waals surface area contributed by atoms with E-state index in [0.29, 0.717) is 28.2 Å². The van der Waals surface area contributed by atoms with E-state index >= 15 is 0 Å². The highest BCUT2D eigenvalue weighted by Crippen LogP contribution is 2.36. The van der Waals surface area contributed by atoms with Crippen molar-refractivity contribution >= 4 is 29.0 Å². The van der Waals surface area contributed by atoms with Gasteiger partial charge in [0.15, 0.2) is 0 Å². The Labute approximate surface area is 135 Å². The number of aromatic nitrogens is 1. The second kappa shape index (κ2) is 7.53. The molecule has 2 rings (SSSR count). The van der Waals surface area contributed by atoms with Gasteiger partial charge in [0.2, 0.25) is 0 Å². The Bertz CT molecular complexity index is 617. The van der Waals surface area contributed by atoms with Crippen LogP contribution in [0.25, 0.3) is 11.3 Å². The fraction of sp³-hybridized carbons (Fsp3) is 0.312. The Balaban J connectivity index is 2.48. The number of benzene rings is 1. The highest BCUT2D eigenvalue weighted by molar-refractivity contribution is 6.37. The summed E-state index contributed by atoms with van der Waals surface area (Å²) in [7, 11) is 0. The van der Waals surface area contributed by atoms with Gasteiger partial charge in [-0.2, -0.15) is 0 Å². The molecule has 0 atom stereocenters. The van der Waals surface area contributed by atoms with Crippen LogP contribution >= 0.6 is 23.2 Å². The molecular formula is C16H18Cl2N2O. The summed E-state index contributed by atoms with van der Waals surface area (Å²) < 4.78 is 5.65. The zero-order valence-corrected chi connectivity index (χ0v) is 13.6. The molecule has 112 valence electrons. The third kappa shape index (κ3) is 3.80. The topological polar surface area (TPSA) is 34.2 Å². The third-order valence-corrected chi connectivity index (χ3v) is 3.49. The van der Waals surface area contributed by atoms with Crippen LogP contribution in [0.2, 0.25) is 10.0 Å². The van der Waals surface area contributed by atoms with E-state index in [2.05, 4.69) is 17.2 Å². The molecule has 0 amide bonds. The van der Waals surface area contributed by atoms with Crippen molar-refractivity contribution in [2.45, 2.75) is 20.3 Å². The molecule has 0 unspecified atom stereocenters. The average molecular weight is 325 g/mol. The van der Waals surface area contributed by atoms with Gasteiger partial charge in [-0.25, -0.2) is 4.98 Å². The summed E-state index contributed by atoms with van der Waals surface area (Å²) >= 11 is 12.5. The summed E-state index contributed by atoms with van der Waals surface area (Å²) in [5, 5.41) is 4.24. The molecule has 1 aromatic heterocycles. The summed E-state index contributed by atoms with van der Waals surface area (Å²) in [6, 6.07) is 9.42. The molecule has 3 nitrogen and oxygen atoms in total. The number of rotatable bonds is 6. The number of hydrogen-bond acceptors (Lipinski definition) is 3. The predicted molar refractivity (Wildman–Crippen MR) is 89.6 cm³/mol. The first-order valence-corrected chi connectivity index (χ1v) is 7.75. The van der Waals surface area contributed by atoms with Crippen molar-refractivity contribution in [2.75, 3.05) is 18.5 Å². The SMILES string of the molecule is CCCNc1nc(-c2ccccc2OCC)c(Cl)cc1Cl. The molecule has 5 heteroatoms. The van der Waals surface area contributed by atoms with E-state index in [9.17, 15) is 0 Å². The summed E-state index contributed by atoms with van der Waals surface area (Å²) in [5.41, 5.74) is 1.53. The normalized spacial score (nSPS) is 10.5. The minimum absolute atomic E-state index is 0.509. The van der Waals surface area contributed by atoms with E-state index < -0.39 is 0 Å². The van der Waals surface area contributed by atoms with Crippen LogP contribution in [-0.2, 0) is 0 Å². The molecule has 0 saturated carbocycles. The molecule has 0 radical (unpaired) electrons. The second-order valence-electron chi connectivity index (χ2n) is 4.51. The number of nitrogens with zero attached hydrogens (tertiary/aromatic N) is 1. The van der Waals surface area contributed by atoms with Crippen LogP contribution < -0.4 is 10.1 Å². The minimum atomic E-state index is 0.509. The van der Waals surface area contributed by atoms with Gasteiger partial charge in [0.25, 0.3) is 0 Å². The summed E-state index contributed by atoms with van der Waals surface area (Å²) in [6.07, 6.45) is 0.992. The van der Waals surface area contributed by atoms with Gasteiger partial charge in [0.05, 0.1) is 22.3 Å². The lowest BCUT2D eigenvalue weighted by Gasteiger charge is -2.13. The van der Waals surface area contributed by atoms with Gasteiger partial charge < -0.3 is 10.1 Å². The molecule has 21 heavy (non-hydrogen) atoms. The monoisotopic (exact) mass is 324 g/mol. The predicted octanol–water partition coefficient (Wildman–Crippen LogP) is 5.28. The van der Waals surface area contributed by atoms with Crippen molar-refractivity contribution in [3.63, 3.8) is 0 Å². The van der Waals surface area contributed by atoms with Gasteiger partial charge in [0.1, 0.15) is 11.6 Å². The summed E-state index contributed by atoms with van der Waals surface area (Å²) in [4.78, 5) is 4.57. The summed E-state index contributed by atoms with van der Waals surface area (Å²) in [5.74, 6) is 1.40. The van der Waals surface area contributed by atoms with Gasteiger partial charge in [-0.1, -0.05) is 42.3 Å². The van der Waals surface area contributed by atoms with E-state index in [1.165, 1.54) is 0 Å². The lowest BCUT2D eigenvalue weighted by atomic mass is 10.1. The van der Waals surface area contributed by atoms with Gasteiger partial charge in [0, 0.05) is 12.1 Å². The number of anilines is 1. The Kier molecular flexibility index (Phi) is 5.71. The minimum Gasteiger partial charge on any atom is -0.493 e. The third-order valence-electron chi connectivity index (χ3n) is 2.91. The maximum Gasteiger partial charge on any atom is 0.145 e. The zero-order chi connectivity index (χ0) is 15.2. The molecule has 1 aromatic carbocycles. The molecule has 1 heterocycles. The van der Waals surface area contributed by atoms with Gasteiger partial charge in [-0.3, -0.25) is 0 Å². The Morgan fingerprint density at radius 2 is 1.90 bits per heavy atom. The fourth-order valence-electron chi connectivity index (χ4n) is 1.97. The lowest BCUT2D eigenvalue weighted by Crippen LogP contribution is -2.04. The van der Waals surface area contributed by atoms with Gasteiger partial charge >= 0.3 is 0 Å². The second-order valence-corrected chi connectivity index (χ2v) is 5.32. The molecule has 0 aliphatic heterocycles. The largest absolute Gasteiger partial charge is 0.493 e. The quantitative estimate of drug-likeness (QED) is 0.785. The van der Waals surface area contributed by atoms with Crippen LogP contribution in [0, 0.1) is 0 Å². The Morgan fingerprint density at radius 1 is 1.14 bits per heavy atom. The lowest BCUT2D eigenvalue weighted by molar-refractivity contribution is 0.341. The van der Waals surface area contributed by atoms with Crippen molar-refractivity contribution in [1.29, 1.82) is 0 Å². The van der Waals surface area contributed by atoms with Crippen molar-refractivity contribution < 1.29 is 4.74 Å². The molecule has 0 saturated heterocycles. The van der Waals surface area contributed by atoms with Crippen LogP contribution in [0.3, 0.4) is 0 Å². The van der Waals surface area contributed by atoms with Crippen LogP contribution in [-0.4, -0.2) is 18.1 Å². The highest BCUT2D eigenvalue weighted by atomic mass is 35.5. The van der Waals surface area contributed by atoms with Crippen molar-refractivity contribution in [3.05, 3.63) is 40.4 Å². The van der Waals surface area contributed by atoms with E-state index in [-0.39, 0.29) is 0 Å². The molecule has 0 spiro atoms.